The van der Waals surface area contributed by atoms with Crippen molar-refractivity contribution in [3.05, 3.63) is 81.4 Å². The van der Waals surface area contributed by atoms with Crippen molar-refractivity contribution in [1.29, 1.82) is 0 Å². The molecule has 6 rings (SSSR count). The number of fused-ring (bicyclic) bond motifs is 5. The van der Waals surface area contributed by atoms with Gasteiger partial charge in [0.15, 0.2) is 0 Å². The maximum Gasteiger partial charge on any atom is 0.265 e. The highest BCUT2D eigenvalue weighted by molar-refractivity contribution is 7.13. The van der Waals surface area contributed by atoms with Crippen LogP contribution in [0.15, 0.2) is 54.7 Å². The van der Waals surface area contributed by atoms with Gasteiger partial charge in [-0.15, -0.1) is 11.3 Å². The van der Waals surface area contributed by atoms with E-state index in [0.29, 0.717) is 61.9 Å². The second-order valence-electron chi connectivity index (χ2n) is 10.7. The van der Waals surface area contributed by atoms with Gasteiger partial charge in [-0.2, -0.15) is 0 Å². The van der Waals surface area contributed by atoms with Crippen LogP contribution in [-0.4, -0.2) is 76.8 Å². The van der Waals surface area contributed by atoms with Crippen LogP contribution in [0.1, 0.15) is 48.6 Å². The molecule has 0 aliphatic carbocycles. The first kappa shape index (κ1) is 27.0. The lowest BCUT2D eigenvalue weighted by Gasteiger charge is -2.24. The molecule has 1 fully saturated rings. The molecule has 4 heterocycles. The first-order valence-electron chi connectivity index (χ1n) is 14.0. The van der Waals surface area contributed by atoms with Crippen LogP contribution in [0, 0.1) is 19.8 Å². The zero-order valence-corrected chi connectivity index (χ0v) is 24.0. The molecule has 0 radical (unpaired) electrons. The summed E-state index contributed by atoms with van der Waals surface area (Å²) >= 11 is 1.40. The Morgan fingerprint density at radius 1 is 1.00 bits per heavy atom. The Labute approximate surface area is 242 Å². The van der Waals surface area contributed by atoms with E-state index in [0.717, 1.165) is 27.2 Å². The lowest BCUT2D eigenvalue weighted by molar-refractivity contribution is -0.124. The highest BCUT2D eigenvalue weighted by Gasteiger charge is 2.40. The van der Waals surface area contributed by atoms with E-state index in [-0.39, 0.29) is 23.6 Å². The van der Waals surface area contributed by atoms with Crippen molar-refractivity contribution in [3.63, 3.8) is 0 Å². The molecule has 41 heavy (non-hydrogen) atoms. The molecule has 1 saturated heterocycles. The molecule has 2 aliphatic rings. The number of benzene rings is 2. The van der Waals surface area contributed by atoms with Gasteiger partial charge in [0.1, 0.15) is 17.2 Å². The number of ether oxygens (including phenoxy) is 1. The Kier molecular flexibility index (Phi) is 7.49. The number of hydrogen-bond acceptors (Lipinski definition) is 6. The number of amides is 3. The fraction of sp³-hybridized carbons (Fsp3) is 0.355. The van der Waals surface area contributed by atoms with E-state index >= 15 is 0 Å². The van der Waals surface area contributed by atoms with Crippen LogP contribution in [0.5, 0.6) is 5.75 Å². The number of thiazole rings is 1. The first-order chi connectivity index (χ1) is 19.9. The highest BCUT2D eigenvalue weighted by Crippen LogP contribution is 2.35. The third-order valence-corrected chi connectivity index (χ3v) is 9.01. The number of aromatic nitrogens is 2. The van der Waals surface area contributed by atoms with Gasteiger partial charge >= 0.3 is 0 Å². The summed E-state index contributed by atoms with van der Waals surface area (Å²) in [7, 11) is 0. The molecule has 2 aromatic carbocycles. The van der Waals surface area contributed by atoms with E-state index in [2.05, 4.69) is 15.3 Å². The van der Waals surface area contributed by atoms with Crippen LogP contribution in [0.3, 0.4) is 0 Å². The zero-order chi connectivity index (χ0) is 28.5. The van der Waals surface area contributed by atoms with Gasteiger partial charge in [0.25, 0.3) is 11.8 Å². The fourth-order valence-electron chi connectivity index (χ4n) is 5.85. The largest absolute Gasteiger partial charge is 0.492 e. The van der Waals surface area contributed by atoms with Gasteiger partial charge in [-0.25, -0.2) is 4.98 Å². The van der Waals surface area contributed by atoms with Gasteiger partial charge in [0.2, 0.25) is 5.91 Å². The van der Waals surface area contributed by atoms with Gasteiger partial charge in [0.05, 0.1) is 23.2 Å². The second kappa shape index (κ2) is 11.4. The first-order valence-corrected chi connectivity index (χ1v) is 14.8. The number of hydrogen-bond donors (Lipinski definition) is 2. The second-order valence-corrected chi connectivity index (χ2v) is 11.9. The molecule has 2 aliphatic heterocycles. The number of carbonyl (C=O) groups is 3. The van der Waals surface area contributed by atoms with Crippen molar-refractivity contribution in [2.45, 2.75) is 26.2 Å². The lowest BCUT2D eigenvalue weighted by atomic mass is 9.88. The summed E-state index contributed by atoms with van der Waals surface area (Å²) in [6.07, 6.45) is 2.46. The number of H-pyrrole nitrogens is 1. The Hall–Kier alpha value is -4.18. The lowest BCUT2D eigenvalue weighted by Crippen LogP contribution is -2.39. The minimum atomic E-state index is -0.395. The van der Waals surface area contributed by atoms with E-state index in [9.17, 15) is 14.4 Å². The summed E-state index contributed by atoms with van der Waals surface area (Å²) < 4.78 is 6.10. The van der Waals surface area contributed by atoms with Crippen LogP contribution in [0.2, 0.25) is 0 Å². The van der Waals surface area contributed by atoms with Gasteiger partial charge in [0, 0.05) is 54.8 Å². The predicted molar refractivity (Wildman–Crippen MR) is 157 cm³/mol. The number of carbonyl (C=O) groups excluding carboxylic acids is 3. The number of rotatable bonds is 2. The Balaban J connectivity index is 1.22. The van der Waals surface area contributed by atoms with Gasteiger partial charge < -0.3 is 24.8 Å². The van der Waals surface area contributed by atoms with Crippen LogP contribution in [-0.2, 0) is 4.79 Å². The summed E-state index contributed by atoms with van der Waals surface area (Å²) in [5, 5.41) is 4.93. The SMILES string of the molecule is Cc1nc(C)c(C(=O)N2CCCNC(=O)[C@H]3CN(C(=O)c4ccc5[nH]ccc5c4)C[C@@H]3c3cccc(c3)OCC2)s1. The summed E-state index contributed by atoms with van der Waals surface area (Å²) in [6, 6.07) is 15.3. The maximum atomic E-state index is 13.6. The van der Waals surface area contributed by atoms with Gasteiger partial charge in [-0.1, -0.05) is 12.1 Å². The van der Waals surface area contributed by atoms with E-state index in [1.807, 2.05) is 68.6 Å². The molecule has 0 unspecified atom stereocenters. The average molecular weight is 572 g/mol. The van der Waals surface area contributed by atoms with Crippen molar-refractivity contribution >= 4 is 40.0 Å². The molecule has 0 spiro atoms. The van der Waals surface area contributed by atoms with Gasteiger partial charge in [-0.05, 0) is 62.2 Å². The standard InChI is InChI=1S/C31H33N5O4S/c1-19-28(41-20(2)34-19)31(39)35-12-4-10-33-29(37)26-18-36(30(38)23-7-8-27-22(15-23)9-11-32-27)17-25(26)21-5-3-6-24(16-21)40-14-13-35/h3,5-9,11,15-16,25-26,32H,4,10,12-14,17-18H2,1-2H3,(H,33,37)/t25-,26+/m1/s1. The third-order valence-electron chi connectivity index (χ3n) is 7.95. The van der Waals surface area contributed by atoms with Crippen LogP contribution in [0.25, 0.3) is 10.9 Å². The van der Waals surface area contributed by atoms with Crippen molar-refractivity contribution in [1.82, 2.24) is 25.1 Å². The summed E-state index contributed by atoms with van der Waals surface area (Å²) in [5.74, 6) is -0.0981. The molecular formula is C31H33N5O4S. The monoisotopic (exact) mass is 571 g/mol. The third kappa shape index (κ3) is 5.56. The van der Waals surface area contributed by atoms with Crippen LogP contribution < -0.4 is 10.1 Å². The quantitative estimate of drug-likeness (QED) is 0.376. The molecule has 0 saturated carbocycles. The molecule has 2 aromatic heterocycles. The molecule has 4 aromatic rings. The Morgan fingerprint density at radius 2 is 1.85 bits per heavy atom. The summed E-state index contributed by atoms with van der Waals surface area (Å²) in [5.41, 5.74) is 3.28. The fourth-order valence-corrected chi connectivity index (χ4v) is 6.74. The van der Waals surface area contributed by atoms with Gasteiger partial charge in [-0.3, -0.25) is 14.4 Å². The Bertz CT molecular complexity index is 1610. The Morgan fingerprint density at radius 3 is 2.68 bits per heavy atom. The highest BCUT2D eigenvalue weighted by atomic mass is 32.1. The molecule has 9 nitrogen and oxygen atoms in total. The number of aryl methyl sites for hydroxylation is 2. The van der Waals surface area contributed by atoms with E-state index in [1.54, 1.807) is 9.80 Å². The van der Waals surface area contributed by atoms with E-state index in [1.165, 1.54) is 11.3 Å². The molecular weight excluding hydrogens is 538 g/mol. The predicted octanol–water partition coefficient (Wildman–Crippen LogP) is 4.14. The molecule has 10 heteroatoms. The summed E-state index contributed by atoms with van der Waals surface area (Å²) in [6.45, 7) is 6.22. The minimum Gasteiger partial charge on any atom is -0.492 e. The van der Waals surface area contributed by atoms with Crippen molar-refractivity contribution in [2.24, 2.45) is 5.92 Å². The van der Waals surface area contributed by atoms with Crippen LogP contribution >= 0.6 is 11.3 Å². The van der Waals surface area contributed by atoms with E-state index < -0.39 is 5.92 Å². The normalized spacial score (nSPS) is 19.8. The van der Waals surface area contributed by atoms with E-state index in [4.69, 9.17) is 4.74 Å². The molecule has 2 N–H and O–H groups in total. The maximum absolute atomic E-state index is 13.6. The number of nitrogens with one attached hydrogen (secondary N) is 2. The molecule has 2 atom stereocenters. The van der Waals surface area contributed by atoms with Crippen molar-refractivity contribution in [2.75, 3.05) is 39.3 Å². The van der Waals surface area contributed by atoms with Crippen molar-refractivity contribution < 1.29 is 19.1 Å². The smallest absolute Gasteiger partial charge is 0.265 e. The molecule has 3 amide bonds. The number of nitrogens with zero attached hydrogens (tertiary/aromatic N) is 3. The molecule has 2 bridgehead atoms. The zero-order valence-electron chi connectivity index (χ0n) is 23.2. The summed E-state index contributed by atoms with van der Waals surface area (Å²) in [4.78, 5) is 52.2. The average Bonchev–Trinajstić information content (AvgIpc) is 3.71. The topological polar surface area (TPSA) is 108 Å². The number of aromatic amines is 1. The van der Waals surface area contributed by atoms with Crippen LogP contribution in [0.4, 0.5) is 0 Å². The molecule has 212 valence electrons. The number of likely N-dealkylation sites (tertiary alicyclic amines) is 1. The van der Waals surface area contributed by atoms with Crippen molar-refractivity contribution in [3.8, 4) is 5.75 Å². The minimum absolute atomic E-state index is 0.0632.